The van der Waals surface area contributed by atoms with Crippen molar-refractivity contribution in [3.63, 3.8) is 0 Å². The van der Waals surface area contributed by atoms with E-state index in [2.05, 4.69) is 93.5 Å². The molecule has 1 aromatic heterocycles. The lowest BCUT2D eigenvalue weighted by Gasteiger charge is -2.21. The summed E-state index contributed by atoms with van der Waals surface area (Å²) in [5, 5.41) is 0. The maximum Gasteiger partial charge on any atom is 0.128 e. The van der Waals surface area contributed by atoms with Crippen LogP contribution in [0.25, 0.3) is 0 Å². The number of unbranched alkanes of at least 4 members (excludes halogenated alkanes) is 2. The minimum absolute atomic E-state index is 0.392. The smallest absolute Gasteiger partial charge is 0.128 e. The number of benzene rings is 2. The predicted molar refractivity (Wildman–Crippen MR) is 126 cm³/mol. The molecule has 3 rings (SSSR count). The molecule has 0 fully saturated rings. The highest BCUT2D eigenvalue weighted by Gasteiger charge is 2.18. The van der Waals surface area contributed by atoms with Crippen molar-refractivity contribution in [2.24, 2.45) is 0 Å². The summed E-state index contributed by atoms with van der Waals surface area (Å²) >= 11 is 3.93. The Kier molecular flexibility index (Phi) is 8.88. The number of halogens is 1. The van der Waals surface area contributed by atoms with Gasteiger partial charge < -0.3 is 0 Å². The number of aromatic nitrogens is 2. The Hall–Kier alpha value is -2.00. The zero-order chi connectivity index (χ0) is 20.3. The van der Waals surface area contributed by atoms with E-state index < -0.39 is 0 Å². The lowest BCUT2D eigenvalue weighted by Crippen LogP contribution is -2.10. The first-order valence-electron chi connectivity index (χ1n) is 10.8. The van der Waals surface area contributed by atoms with Gasteiger partial charge in [-0.05, 0) is 42.4 Å². The van der Waals surface area contributed by atoms with Gasteiger partial charge in [0.1, 0.15) is 5.82 Å². The normalized spacial score (nSPS) is 12.2. The van der Waals surface area contributed by atoms with Crippen LogP contribution in [0.1, 0.15) is 67.5 Å². The van der Waals surface area contributed by atoms with Crippen LogP contribution in [0.4, 0.5) is 0 Å². The molecule has 0 aliphatic heterocycles. The fourth-order valence-electron chi connectivity index (χ4n) is 3.71. The molecule has 0 aliphatic rings. The van der Waals surface area contributed by atoms with Gasteiger partial charge in [0.15, 0.2) is 0 Å². The molecule has 2 nitrogen and oxygen atoms in total. The molecule has 152 valence electrons. The van der Waals surface area contributed by atoms with E-state index in [0.29, 0.717) is 10.7 Å². The molecule has 1 atom stereocenters. The fourth-order valence-corrected chi connectivity index (χ4v) is 4.32. The molecule has 1 heterocycles. The van der Waals surface area contributed by atoms with Crippen molar-refractivity contribution in [2.75, 3.05) is 0 Å². The van der Waals surface area contributed by atoms with E-state index in [-0.39, 0.29) is 0 Å². The van der Waals surface area contributed by atoms with Gasteiger partial charge in [-0.15, -0.1) is 0 Å². The van der Waals surface area contributed by atoms with Crippen LogP contribution < -0.4 is 0 Å². The van der Waals surface area contributed by atoms with E-state index in [1.165, 1.54) is 36.0 Å². The largest absolute Gasteiger partial charge is 0.241 e. The Labute approximate surface area is 184 Å². The standard InChI is InChI=1S/C26H31BrN2/c1-2-3-6-11-21-19-28-26(29-20-21)17-16-24(27)18-25(22-12-7-4-8-13-22)23-14-9-5-10-15-23/h4-5,7-10,12-15,19-20,24-25H,2-3,6,11,16-18H2,1H3. The molecule has 29 heavy (non-hydrogen) atoms. The highest BCUT2D eigenvalue weighted by atomic mass is 79.9. The van der Waals surface area contributed by atoms with Crippen molar-refractivity contribution >= 4 is 15.9 Å². The minimum Gasteiger partial charge on any atom is -0.241 e. The molecular formula is C26H31BrN2. The second-order valence-electron chi connectivity index (χ2n) is 7.71. The first-order chi connectivity index (χ1) is 14.3. The first-order valence-corrected chi connectivity index (χ1v) is 11.7. The number of hydrogen-bond donors (Lipinski definition) is 0. The Morgan fingerprint density at radius 2 is 1.38 bits per heavy atom. The second-order valence-corrected chi connectivity index (χ2v) is 9.01. The molecule has 0 N–H and O–H groups in total. The van der Waals surface area contributed by atoms with Gasteiger partial charge in [0.25, 0.3) is 0 Å². The second kappa shape index (κ2) is 11.9. The van der Waals surface area contributed by atoms with Crippen LogP contribution in [0.5, 0.6) is 0 Å². The molecule has 1 unspecified atom stereocenters. The number of rotatable bonds is 11. The van der Waals surface area contributed by atoms with Crippen molar-refractivity contribution < 1.29 is 0 Å². The zero-order valence-corrected chi connectivity index (χ0v) is 18.9. The van der Waals surface area contributed by atoms with Gasteiger partial charge in [-0.25, -0.2) is 9.97 Å². The van der Waals surface area contributed by atoms with Gasteiger partial charge in [-0.2, -0.15) is 0 Å². The topological polar surface area (TPSA) is 25.8 Å². The third-order valence-electron chi connectivity index (χ3n) is 5.40. The molecule has 0 amide bonds. The molecule has 0 saturated heterocycles. The average molecular weight is 451 g/mol. The van der Waals surface area contributed by atoms with Gasteiger partial charge in [0.05, 0.1) is 0 Å². The molecular weight excluding hydrogens is 420 g/mol. The van der Waals surface area contributed by atoms with Crippen LogP contribution in [-0.4, -0.2) is 14.8 Å². The van der Waals surface area contributed by atoms with E-state index >= 15 is 0 Å². The van der Waals surface area contributed by atoms with Crippen LogP contribution in [0, 0.1) is 0 Å². The van der Waals surface area contributed by atoms with Crippen molar-refractivity contribution in [3.8, 4) is 0 Å². The van der Waals surface area contributed by atoms with Crippen LogP contribution >= 0.6 is 15.9 Å². The molecule has 3 aromatic rings. The van der Waals surface area contributed by atoms with E-state index in [1.807, 2.05) is 12.4 Å². The molecule has 0 spiro atoms. The summed E-state index contributed by atoms with van der Waals surface area (Å²) in [7, 11) is 0. The summed E-state index contributed by atoms with van der Waals surface area (Å²) in [6.07, 6.45) is 11.9. The summed E-state index contributed by atoms with van der Waals surface area (Å²) in [6.45, 7) is 2.23. The monoisotopic (exact) mass is 450 g/mol. The Morgan fingerprint density at radius 3 is 1.93 bits per heavy atom. The number of hydrogen-bond acceptors (Lipinski definition) is 2. The third kappa shape index (κ3) is 7.08. The van der Waals surface area contributed by atoms with Gasteiger partial charge in [0, 0.05) is 29.6 Å². The summed E-state index contributed by atoms with van der Waals surface area (Å²) in [4.78, 5) is 9.60. The van der Waals surface area contributed by atoms with E-state index in [4.69, 9.17) is 0 Å². The fraction of sp³-hybridized carbons (Fsp3) is 0.385. The Bertz CT molecular complexity index is 779. The minimum atomic E-state index is 0.392. The van der Waals surface area contributed by atoms with Gasteiger partial charge in [-0.1, -0.05) is 96.4 Å². The Morgan fingerprint density at radius 1 is 0.793 bits per heavy atom. The molecule has 2 aromatic carbocycles. The van der Waals surface area contributed by atoms with Crippen LogP contribution in [0.2, 0.25) is 0 Å². The quantitative estimate of drug-likeness (QED) is 0.229. The van der Waals surface area contributed by atoms with Crippen LogP contribution in [0.15, 0.2) is 73.1 Å². The van der Waals surface area contributed by atoms with Crippen LogP contribution in [-0.2, 0) is 12.8 Å². The van der Waals surface area contributed by atoms with Crippen molar-refractivity contribution in [3.05, 3.63) is 95.6 Å². The average Bonchev–Trinajstić information content (AvgIpc) is 2.78. The van der Waals surface area contributed by atoms with Gasteiger partial charge >= 0.3 is 0 Å². The molecule has 0 radical (unpaired) electrons. The van der Waals surface area contributed by atoms with Crippen molar-refractivity contribution in [1.82, 2.24) is 9.97 Å². The summed E-state index contributed by atoms with van der Waals surface area (Å²) in [5.74, 6) is 1.34. The highest BCUT2D eigenvalue weighted by molar-refractivity contribution is 9.09. The van der Waals surface area contributed by atoms with E-state index in [0.717, 1.165) is 31.5 Å². The lowest BCUT2D eigenvalue weighted by molar-refractivity contribution is 0.637. The van der Waals surface area contributed by atoms with Gasteiger partial charge in [-0.3, -0.25) is 0 Å². The third-order valence-corrected chi connectivity index (χ3v) is 6.24. The summed E-state index contributed by atoms with van der Waals surface area (Å²) in [6, 6.07) is 21.6. The van der Waals surface area contributed by atoms with Crippen molar-refractivity contribution in [2.45, 2.75) is 62.6 Å². The lowest BCUT2D eigenvalue weighted by atomic mass is 9.87. The Balaban J connectivity index is 1.57. The molecule has 0 saturated carbocycles. The molecule has 0 aliphatic carbocycles. The van der Waals surface area contributed by atoms with Gasteiger partial charge in [0.2, 0.25) is 0 Å². The number of aryl methyl sites for hydroxylation is 2. The number of nitrogens with zero attached hydrogens (tertiary/aromatic N) is 2. The summed E-state index contributed by atoms with van der Waals surface area (Å²) in [5.41, 5.74) is 4.00. The molecule has 0 bridgehead atoms. The SMILES string of the molecule is CCCCCc1cnc(CCC(Br)CC(c2ccccc2)c2ccccc2)nc1. The maximum atomic E-state index is 4.59. The van der Waals surface area contributed by atoms with Crippen LogP contribution in [0.3, 0.4) is 0 Å². The van der Waals surface area contributed by atoms with E-state index in [1.54, 1.807) is 0 Å². The zero-order valence-electron chi connectivity index (χ0n) is 17.3. The maximum absolute atomic E-state index is 4.59. The predicted octanol–water partition coefficient (Wildman–Crippen LogP) is 7.13. The summed E-state index contributed by atoms with van der Waals surface area (Å²) < 4.78 is 0. The first kappa shape index (κ1) is 21.7. The van der Waals surface area contributed by atoms with Crippen molar-refractivity contribution in [1.29, 1.82) is 0 Å². The highest BCUT2D eigenvalue weighted by Crippen LogP contribution is 2.32. The number of alkyl halides is 1. The van der Waals surface area contributed by atoms with E-state index in [9.17, 15) is 0 Å². The molecule has 3 heteroatoms.